The Kier molecular flexibility index (Phi) is 62.2. The summed E-state index contributed by atoms with van der Waals surface area (Å²) < 4.78 is 34.7. The lowest BCUT2D eigenvalue weighted by atomic mass is 10.0. The summed E-state index contributed by atoms with van der Waals surface area (Å²) in [6.07, 6.45) is 96.7. The van der Waals surface area contributed by atoms with Crippen molar-refractivity contribution in [2.75, 3.05) is 47.5 Å². The first-order chi connectivity index (χ1) is 42.0. The van der Waals surface area contributed by atoms with Crippen LogP contribution < -0.4 is 0 Å². The molecule has 0 aromatic rings. The molecule has 0 amide bonds. The molecule has 0 fully saturated rings. The fraction of sp³-hybridized carbons (Fsp3) is 0.658. The molecule has 9 nitrogen and oxygen atoms in total. The molecule has 1 N–H and O–H groups in total. The molecule has 0 rings (SSSR count). The Morgan fingerprint density at radius 2 is 0.628 bits per heavy atom. The second-order valence-corrected chi connectivity index (χ2v) is 25.3. The largest absolute Gasteiger partial charge is 0.472 e. The minimum atomic E-state index is -4.41. The molecule has 0 saturated heterocycles. The van der Waals surface area contributed by atoms with Gasteiger partial charge >= 0.3 is 19.8 Å². The predicted octanol–water partition coefficient (Wildman–Crippen LogP) is 22.6. The van der Waals surface area contributed by atoms with Gasteiger partial charge in [-0.25, -0.2) is 4.57 Å². The standard InChI is InChI=1S/C76H128NO8P/c1-6-8-10-12-14-16-18-20-22-24-26-28-30-31-32-33-34-35-36-37-38-39-40-41-42-43-44-45-47-49-51-53-55-57-59-61-63-65-67-69-76(79)85-74(73-84-86(80,81)83-71-70-77(3,4)5)72-82-75(78)68-66-64-62-60-58-56-54-52-50-48-46-29-27-25-23-21-19-17-15-13-11-9-7-2/h8-11,14-17,20-23,26-29,31-32,34-35,48,50,54,56,74H,6-7,12-13,18-19,24-25,30,33,36-47,49,51-53,55,57-73H2,1-5H3/p+1/b10-8-,11-9-,16-14-,17-15-,22-20-,23-21-,28-26-,29-27-,32-31-,35-34-,50-48-,56-54-. The Morgan fingerprint density at radius 1 is 0.360 bits per heavy atom. The molecule has 0 spiro atoms. The fourth-order valence-electron chi connectivity index (χ4n) is 9.14. The highest BCUT2D eigenvalue weighted by Crippen LogP contribution is 2.43. The Balaban J connectivity index is 4.05. The van der Waals surface area contributed by atoms with Gasteiger partial charge in [0.05, 0.1) is 27.7 Å². The molecule has 10 heteroatoms. The van der Waals surface area contributed by atoms with Crippen molar-refractivity contribution in [2.45, 2.75) is 277 Å². The summed E-state index contributed by atoms with van der Waals surface area (Å²) in [6.45, 7) is 4.18. The normalized spacial score (nSPS) is 14.1. The molecule has 0 aliphatic heterocycles. The number of allylic oxidation sites excluding steroid dienone is 24. The number of unbranched alkanes of at least 4 members (excludes halogenated alkanes) is 24. The van der Waals surface area contributed by atoms with Crippen LogP contribution >= 0.6 is 7.82 Å². The molecule has 0 radical (unpaired) electrons. The molecule has 0 aromatic carbocycles. The van der Waals surface area contributed by atoms with Crippen LogP contribution in [0.15, 0.2) is 146 Å². The highest BCUT2D eigenvalue weighted by atomic mass is 31.2. The van der Waals surface area contributed by atoms with Crippen LogP contribution in [0.2, 0.25) is 0 Å². The van der Waals surface area contributed by atoms with Gasteiger partial charge in [0, 0.05) is 12.8 Å². The first kappa shape index (κ1) is 81.9. The number of rotatable bonds is 62. The van der Waals surface area contributed by atoms with Gasteiger partial charge in [0.25, 0.3) is 0 Å². The first-order valence-corrected chi connectivity index (χ1v) is 36.1. The maximum absolute atomic E-state index is 12.9. The Labute approximate surface area is 529 Å². The second kappa shape index (κ2) is 65.3. The number of carbonyl (C=O) groups excluding carboxylic acids is 2. The third kappa shape index (κ3) is 69.0. The third-order valence-corrected chi connectivity index (χ3v) is 15.3. The van der Waals surface area contributed by atoms with Gasteiger partial charge in [0.2, 0.25) is 0 Å². The molecular weight excluding hydrogens is 1090 g/mol. The first-order valence-electron chi connectivity index (χ1n) is 34.6. The smallest absolute Gasteiger partial charge is 0.462 e. The summed E-state index contributed by atoms with van der Waals surface area (Å²) in [7, 11) is 1.45. The van der Waals surface area contributed by atoms with E-state index in [1.165, 1.54) is 109 Å². The van der Waals surface area contributed by atoms with E-state index < -0.39 is 32.5 Å². The number of nitrogens with zero attached hydrogens (tertiary/aromatic N) is 1. The van der Waals surface area contributed by atoms with E-state index in [4.69, 9.17) is 18.5 Å². The second-order valence-electron chi connectivity index (χ2n) is 23.8. The fourth-order valence-corrected chi connectivity index (χ4v) is 9.88. The van der Waals surface area contributed by atoms with Crippen molar-refractivity contribution in [3.8, 4) is 0 Å². The topological polar surface area (TPSA) is 108 Å². The number of esters is 2. The van der Waals surface area contributed by atoms with Crippen LogP contribution in [0, 0.1) is 0 Å². The summed E-state index contributed by atoms with van der Waals surface area (Å²) >= 11 is 0. The van der Waals surface area contributed by atoms with Crippen molar-refractivity contribution in [2.24, 2.45) is 0 Å². The number of phosphoric acid groups is 1. The SMILES string of the molecule is CC/C=C\C/C=C\C/C=C\C/C=C\C/C=C\C/C=C\CCCCCCCCCCCCCCCCCCCCCCC(=O)OC(COC(=O)CCCCCC/C=C\C/C=C\C/C=C\C/C=C\C/C=C\C/C=C\CC)COP(=O)(O)OCC[N+](C)(C)C. The van der Waals surface area contributed by atoms with Gasteiger partial charge in [-0.05, 0) is 116 Å². The van der Waals surface area contributed by atoms with Gasteiger partial charge in [0.15, 0.2) is 6.10 Å². The molecule has 2 atom stereocenters. The number of phosphoric ester groups is 1. The van der Waals surface area contributed by atoms with Crippen molar-refractivity contribution in [3.05, 3.63) is 146 Å². The van der Waals surface area contributed by atoms with Gasteiger partial charge in [-0.1, -0.05) is 288 Å². The molecule has 0 heterocycles. The molecule has 0 saturated carbocycles. The number of ether oxygens (including phenoxy) is 2. The van der Waals surface area contributed by atoms with Gasteiger partial charge < -0.3 is 18.9 Å². The van der Waals surface area contributed by atoms with Gasteiger partial charge in [0.1, 0.15) is 19.8 Å². The number of carbonyl (C=O) groups is 2. The van der Waals surface area contributed by atoms with Crippen LogP contribution in [0.25, 0.3) is 0 Å². The third-order valence-electron chi connectivity index (χ3n) is 14.4. The zero-order valence-corrected chi connectivity index (χ0v) is 56.6. The van der Waals surface area contributed by atoms with Crippen LogP contribution in [0.4, 0.5) is 0 Å². The zero-order valence-electron chi connectivity index (χ0n) is 55.7. The summed E-state index contributed by atoms with van der Waals surface area (Å²) in [5, 5.41) is 0. The van der Waals surface area contributed by atoms with Crippen molar-refractivity contribution in [1.82, 2.24) is 0 Å². The molecular formula is C76H129NO8P+. The monoisotopic (exact) mass is 1210 g/mol. The van der Waals surface area contributed by atoms with Gasteiger partial charge in [-0.3, -0.25) is 18.6 Å². The quantitative estimate of drug-likeness (QED) is 0.0211. The van der Waals surface area contributed by atoms with Crippen LogP contribution in [-0.2, 0) is 32.7 Å². The van der Waals surface area contributed by atoms with E-state index in [1.54, 1.807) is 0 Å². The molecule has 2 unspecified atom stereocenters. The average Bonchev–Trinajstić information content (AvgIpc) is 3.56. The van der Waals surface area contributed by atoms with Crippen molar-refractivity contribution in [1.29, 1.82) is 0 Å². The van der Waals surface area contributed by atoms with Crippen molar-refractivity contribution in [3.63, 3.8) is 0 Å². The molecule has 490 valence electrons. The van der Waals surface area contributed by atoms with E-state index in [9.17, 15) is 19.0 Å². The Morgan fingerprint density at radius 3 is 0.930 bits per heavy atom. The van der Waals surface area contributed by atoms with Gasteiger partial charge in [-0.15, -0.1) is 0 Å². The number of likely N-dealkylation sites (N-methyl/N-ethyl adjacent to an activating group) is 1. The zero-order chi connectivity index (χ0) is 62.6. The lowest BCUT2D eigenvalue weighted by Crippen LogP contribution is -2.37. The van der Waals surface area contributed by atoms with E-state index in [0.717, 1.165) is 122 Å². The lowest BCUT2D eigenvalue weighted by molar-refractivity contribution is -0.870. The van der Waals surface area contributed by atoms with E-state index in [2.05, 4.69) is 160 Å². The van der Waals surface area contributed by atoms with E-state index in [0.29, 0.717) is 23.9 Å². The minimum absolute atomic E-state index is 0.0215. The van der Waals surface area contributed by atoms with E-state index in [-0.39, 0.29) is 26.1 Å². The summed E-state index contributed by atoms with van der Waals surface area (Å²) in [6, 6.07) is 0. The Bertz CT molecular complexity index is 1960. The van der Waals surface area contributed by atoms with Crippen LogP contribution in [0.1, 0.15) is 271 Å². The number of hydrogen-bond donors (Lipinski definition) is 1. The molecule has 0 aromatic heterocycles. The lowest BCUT2D eigenvalue weighted by Gasteiger charge is -2.24. The van der Waals surface area contributed by atoms with Gasteiger partial charge in [-0.2, -0.15) is 0 Å². The van der Waals surface area contributed by atoms with E-state index in [1.807, 2.05) is 21.1 Å². The van der Waals surface area contributed by atoms with E-state index >= 15 is 0 Å². The maximum Gasteiger partial charge on any atom is 0.472 e. The van der Waals surface area contributed by atoms with Crippen LogP contribution in [0.3, 0.4) is 0 Å². The minimum Gasteiger partial charge on any atom is -0.462 e. The number of quaternary nitrogens is 1. The maximum atomic E-state index is 12.9. The van der Waals surface area contributed by atoms with Crippen LogP contribution in [0.5, 0.6) is 0 Å². The average molecular weight is 1220 g/mol. The molecule has 86 heavy (non-hydrogen) atoms. The summed E-state index contributed by atoms with van der Waals surface area (Å²) in [5.74, 6) is -0.827. The molecule has 0 bridgehead atoms. The molecule has 0 aliphatic carbocycles. The summed E-state index contributed by atoms with van der Waals surface area (Å²) in [5.41, 5.74) is 0. The number of hydrogen-bond acceptors (Lipinski definition) is 7. The highest BCUT2D eigenvalue weighted by Gasteiger charge is 2.27. The molecule has 0 aliphatic rings. The highest BCUT2D eigenvalue weighted by molar-refractivity contribution is 7.47. The van der Waals surface area contributed by atoms with Crippen molar-refractivity contribution >= 4 is 19.8 Å². The predicted molar refractivity (Wildman–Crippen MR) is 371 cm³/mol. The Hall–Kier alpha value is -4.11. The van der Waals surface area contributed by atoms with Crippen LogP contribution in [-0.4, -0.2) is 74.9 Å². The summed E-state index contributed by atoms with van der Waals surface area (Å²) in [4.78, 5) is 35.8. The van der Waals surface area contributed by atoms with Crippen molar-refractivity contribution < 1.29 is 42.1 Å².